The highest BCUT2D eigenvalue weighted by Gasteiger charge is 2.03. The Bertz CT molecular complexity index is 480. The Morgan fingerprint density at radius 3 is 2.70 bits per heavy atom. The minimum Gasteiger partial charge on any atom is -0.463 e. The molecule has 1 amide bonds. The molecule has 20 heavy (non-hydrogen) atoms. The van der Waals surface area contributed by atoms with Gasteiger partial charge in [-0.3, -0.25) is 4.79 Å². The summed E-state index contributed by atoms with van der Waals surface area (Å²) in [5, 5.41) is 2.79. The van der Waals surface area contributed by atoms with Gasteiger partial charge >= 0.3 is 5.97 Å². The third kappa shape index (κ3) is 5.69. The van der Waals surface area contributed by atoms with Gasteiger partial charge in [-0.1, -0.05) is 38.5 Å². The Morgan fingerprint density at radius 2 is 2.00 bits per heavy atom. The molecule has 0 saturated heterocycles. The van der Waals surface area contributed by atoms with Gasteiger partial charge < -0.3 is 10.1 Å². The fourth-order valence-corrected chi connectivity index (χ4v) is 1.52. The van der Waals surface area contributed by atoms with Crippen molar-refractivity contribution in [2.75, 3.05) is 11.9 Å². The molecular formula is C16H21NO3. The van der Waals surface area contributed by atoms with Crippen LogP contribution in [0.4, 0.5) is 5.69 Å². The average Bonchev–Trinajstić information content (AvgIpc) is 2.46. The molecule has 108 valence electrons. The van der Waals surface area contributed by atoms with Crippen molar-refractivity contribution in [3.63, 3.8) is 0 Å². The summed E-state index contributed by atoms with van der Waals surface area (Å²) in [6, 6.07) is 7.32. The van der Waals surface area contributed by atoms with Crippen LogP contribution < -0.4 is 5.32 Å². The first-order chi connectivity index (χ1) is 9.67. The Kier molecular flexibility index (Phi) is 7.11. The summed E-state index contributed by atoms with van der Waals surface area (Å²) in [6.07, 6.45) is 5.30. The zero-order valence-corrected chi connectivity index (χ0v) is 12.0. The Balaban J connectivity index is 2.66. The second-order valence-electron chi connectivity index (χ2n) is 4.34. The van der Waals surface area contributed by atoms with Crippen molar-refractivity contribution in [2.24, 2.45) is 0 Å². The molecular weight excluding hydrogens is 254 g/mol. The first-order valence-electron chi connectivity index (χ1n) is 6.91. The molecule has 0 aliphatic rings. The number of amides is 1. The van der Waals surface area contributed by atoms with Crippen LogP contribution in [0.3, 0.4) is 0 Å². The predicted octanol–water partition coefficient (Wildman–Crippen LogP) is 3.39. The number of anilines is 1. The van der Waals surface area contributed by atoms with Crippen LogP contribution in [0.15, 0.2) is 30.3 Å². The van der Waals surface area contributed by atoms with Crippen molar-refractivity contribution in [1.82, 2.24) is 0 Å². The number of ether oxygens (including phenoxy) is 1. The van der Waals surface area contributed by atoms with Gasteiger partial charge in [0.1, 0.15) is 0 Å². The summed E-state index contributed by atoms with van der Waals surface area (Å²) in [6.45, 7) is 4.27. The maximum Gasteiger partial charge on any atom is 0.330 e. The number of hydrogen-bond donors (Lipinski definition) is 1. The zero-order chi connectivity index (χ0) is 14.8. The molecule has 0 bridgehead atoms. The smallest absolute Gasteiger partial charge is 0.330 e. The fourth-order valence-electron chi connectivity index (χ4n) is 1.52. The SMILES string of the molecule is CCCCOC(=O)/C=C/c1ccccc1NC(=O)CC. The number of nitrogens with one attached hydrogen (secondary N) is 1. The summed E-state index contributed by atoms with van der Waals surface area (Å²) < 4.78 is 5.03. The topological polar surface area (TPSA) is 55.4 Å². The minimum atomic E-state index is -0.366. The molecule has 1 aromatic rings. The van der Waals surface area contributed by atoms with Crippen molar-refractivity contribution >= 4 is 23.6 Å². The monoisotopic (exact) mass is 275 g/mol. The van der Waals surface area contributed by atoms with Crippen molar-refractivity contribution in [3.8, 4) is 0 Å². The highest BCUT2D eigenvalue weighted by Crippen LogP contribution is 2.17. The number of carbonyl (C=O) groups excluding carboxylic acids is 2. The molecule has 0 atom stereocenters. The van der Waals surface area contributed by atoms with Gasteiger partial charge in [0.2, 0.25) is 5.91 Å². The molecule has 1 rings (SSSR count). The normalized spacial score (nSPS) is 10.5. The van der Waals surface area contributed by atoms with Gasteiger partial charge in [0.05, 0.1) is 6.61 Å². The number of carbonyl (C=O) groups is 2. The van der Waals surface area contributed by atoms with E-state index in [1.54, 1.807) is 19.1 Å². The number of unbranched alkanes of at least 4 members (excludes halogenated alkanes) is 1. The van der Waals surface area contributed by atoms with E-state index >= 15 is 0 Å². The molecule has 0 unspecified atom stereocenters. The van der Waals surface area contributed by atoms with E-state index in [0.29, 0.717) is 18.7 Å². The van der Waals surface area contributed by atoms with E-state index in [-0.39, 0.29) is 11.9 Å². The maximum absolute atomic E-state index is 11.5. The minimum absolute atomic E-state index is 0.0589. The molecule has 4 nitrogen and oxygen atoms in total. The predicted molar refractivity (Wildman–Crippen MR) is 80.3 cm³/mol. The average molecular weight is 275 g/mol. The first kappa shape index (κ1) is 16.0. The van der Waals surface area contributed by atoms with Crippen LogP contribution in [-0.2, 0) is 14.3 Å². The molecule has 0 fully saturated rings. The number of rotatable bonds is 7. The van der Waals surface area contributed by atoms with Gasteiger partial charge in [0.25, 0.3) is 0 Å². The quantitative estimate of drug-likeness (QED) is 0.471. The third-order valence-electron chi connectivity index (χ3n) is 2.70. The van der Waals surface area contributed by atoms with E-state index < -0.39 is 0 Å². The van der Waals surface area contributed by atoms with Crippen LogP contribution in [0.5, 0.6) is 0 Å². The maximum atomic E-state index is 11.5. The standard InChI is InChI=1S/C16H21NO3/c1-3-5-12-20-16(19)11-10-13-8-6-7-9-14(13)17-15(18)4-2/h6-11H,3-5,12H2,1-2H3,(H,17,18)/b11-10+. The Labute approximate surface area is 119 Å². The second kappa shape index (κ2) is 8.91. The van der Waals surface area contributed by atoms with E-state index in [1.165, 1.54) is 6.08 Å². The summed E-state index contributed by atoms with van der Waals surface area (Å²) in [4.78, 5) is 22.9. The van der Waals surface area contributed by atoms with Crippen LogP contribution in [0.2, 0.25) is 0 Å². The van der Waals surface area contributed by atoms with Crippen molar-refractivity contribution in [3.05, 3.63) is 35.9 Å². The van der Waals surface area contributed by atoms with E-state index in [4.69, 9.17) is 4.74 Å². The number of benzene rings is 1. The lowest BCUT2D eigenvalue weighted by atomic mass is 10.1. The lowest BCUT2D eigenvalue weighted by Crippen LogP contribution is -2.10. The van der Waals surface area contributed by atoms with Gasteiger partial charge in [-0.05, 0) is 24.1 Å². The number of esters is 1. The van der Waals surface area contributed by atoms with Crippen molar-refractivity contribution in [2.45, 2.75) is 33.1 Å². The molecule has 0 aromatic heterocycles. The lowest BCUT2D eigenvalue weighted by Gasteiger charge is -2.07. The van der Waals surface area contributed by atoms with Gasteiger partial charge in [0, 0.05) is 18.2 Å². The van der Waals surface area contributed by atoms with Crippen LogP contribution in [-0.4, -0.2) is 18.5 Å². The van der Waals surface area contributed by atoms with Gasteiger partial charge in [-0.25, -0.2) is 4.79 Å². The van der Waals surface area contributed by atoms with Crippen LogP contribution >= 0.6 is 0 Å². The van der Waals surface area contributed by atoms with E-state index in [0.717, 1.165) is 18.4 Å². The molecule has 4 heteroatoms. The zero-order valence-electron chi connectivity index (χ0n) is 12.0. The van der Waals surface area contributed by atoms with Gasteiger partial charge in [-0.2, -0.15) is 0 Å². The molecule has 0 radical (unpaired) electrons. The molecule has 0 saturated carbocycles. The molecule has 1 aromatic carbocycles. The van der Waals surface area contributed by atoms with Crippen LogP contribution in [0.1, 0.15) is 38.7 Å². The van der Waals surface area contributed by atoms with Crippen LogP contribution in [0.25, 0.3) is 6.08 Å². The third-order valence-corrected chi connectivity index (χ3v) is 2.70. The fraction of sp³-hybridized carbons (Fsp3) is 0.375. The molecule has 1 N–H and O–H groups in total. The largest absolute Gasteiger partial charge is 0.463 e. The molecule has 0 spiro atoms. The van der Waals surface area contributed by atoms with Crippen molar-refractivity contribution < 1.29 is 14.3 Å². The summed E-state index contributed by atoms with van der Waals surface area (Å²) >= 11 is 0. The molecule has 0 aliphatic heterocycles. The number of para-hydroxylation sites is 1. The Morgan fingerprint density at radius 1 is 1.25 bits per heavy atom. The van der Waals surface area contributed by atoms with Gasteiger partial charge in [-0.15, -0.1) is 0 Å². The van der Waals surface area contributed by atoms with E-state index in [9.17, 15) is 9.59 Å². The highest BCUT2D eigenvalue weighted by atomic mass is 16.5. The highest BCUT2D eigenvalue weighted by molar-refractivity contribution is 5.94. The molecule has 0 aliphatic carbocycles. The van der Waals surface area contributed by atoms with Crippen molar-refractivity contribution in [1.29, 1.82) is 0 Å². The first-order valence-corrected chi connectivity index (χ1v) is 6.91. The lowest BCUT2D eigenvalue weighted by molar-refractivity contribution is -0.137. The van der Waals surface area contributed by atoms with E-state index in [2.05, 4.69) is 5.32 Å². The molecule has 0 heterocycles. The summed E-state index contributed by atoms with van der Waals surface area (Å²) in [5.74, 6) is -0.425. The summed E-state index contributed by atoms with van der Waals surface area (Å²) in [7, 11) is 0. The summed E-state index contributed by atoms with van der Waals surface area (Å²) in [5.41, 5.74) is 1.47. The Hall–Kier alpha value is -2.10. The van der Waals surface area contributed by atoms with Crippen LogP contribution in [0, 0.1) is 0 Å². The van der Waals surface area contributed by atoms with Gasteiger partial charge in [0.15, 0.2) is 0 Å². The van der Waals surface area contributed by atoms with E-state index in [1.807, 2.05) is 25.1 Å². The second-order valence-corrected chi connectivity index (χ2v) is 4.34. The number of hydrogen-bond acceptors (Lipinski definition) is 3.